The van der Waals surface area contributed by atoms with Gasteiger partial charge in [0.2, 0.25) is 5.91 Å². The molecule has 1 amide bonds. The number of carbonyl (C=O) groups excluding carboxylic acids is 1. The average molecular weight is 356 g/mol. The van der Waals surface area contributed by atoms with Crippen LogP contribution in [0, 0.1) is 0 Å². The number of carbonyl (C=O) groups is 1. The molecule has 2 aromatic rings. The average Bonchev–Trinajstić information content (AvgIpc) is 3.05. The molecule has 1 fully saturated rings. The molecule has 3 rings (SSSR count). The van der Waals surface area contributed by atoms with Gasteiger partial charge in [-0.1, -0.05) is 6.07 Å². The van der Waals surface area contributed by atoms with Crippen LogP contribution in [0.5, 0.6) is 5.75 Å². The van der Waals surface area contributed by atoms with E-state index in [4.69, 9.17) is 4.74 Å². The summed E-state index contributed by atoms with van der Waals surface area (Å²) in [6, 6.07) is 8.65. The van der Waals surface area contributed by atoms with Crippen LogP contribution in [0.3, 0.4) is 0 Å². The van der Waals surface area contributed by atoms with E-state index in [1.54, 1.807) is 29.4 Å². The van der Waals surface area contributed by atoms with Gasteiger partial charge in [0.15, 0.2) is 0 Å². The van der Waals surface area contributed by atoms with Gasteiger partial charge < -0.3 is 19.1 Å². The lowest BCUT2D eigenvalue weighted by Gasteiger charge is -2.18. The van der Waals surface area contributed by atoms with Crippen molar-refractivity contribution in [2.24, 2.45) is 0 Å². The highest BCUT2D eigenvalue weighted by Gasteiger charge is 2.27. The molecule has 1 aliphatic rings. The lowest BCUT2D eigenvalue weighted by atomic mass is 10.3. The van der Waals surface area contributed by atoms with E-state index in [1.165, 1.54) is 10.6 Å². The molecule has 0 saturated carbocycles. The summed E-state index contributed by atoms with van der Waals surface area (Å²) in [5.41, 5.74) is 0.778. The van der Waals surface area contributed by atoms with Gasteiger partial charge in [0.05, 0.1) is 12.2 Å². The maximum absolute atomic E-state index is 12.4. The molecular weight excluding hydrogens is 332 g/mol. The van der Waals surface area contributed by atoms with E-state index in [0.717, 1.165) is 24.4 Å². The normalized spacial score (nSPS) is 16.9. The monoisotopic (exact) mass is 356 g/mol. The van der Waals surface area contributed by atoms with Crippen LogP contribution in [0.15, 0.2) is 47.5 Å². The van der Waals surface area contributed by atoms with Crippen molar-refractivity contribution < 1.29 is 9.53 Å². The molecule has 138 valence electrons. The quantitative estimate of drug-likeness (QED) is 0.772. The topological polar surface area (TPSA) is 67.7 Å². The maximum Gasteiger partial charge on any atom is 0.250 e. The zero-order chi connectivity index (χ0) is 18.5. The van der Waals surface area contributed by atoms with E-state index < -0.39 is 0 Å². The molecule has 3 heterocycles. The van der Waals surface area contributed by atoms with Gasteiger partial charge in [0.1, 0.15) is 18.4 Å². The summed E-state index contributed by atoms with van der Waals surface area (Å²) in [4.78, 5) is 32.3. The number of rotatable bonds is 6. The second-order valence-electron chi connectivity index (χ2n) is 6.76. The molecule has 0 aromatic carbocycles. The van der Waals surface area contributed by atoms with Crippen molar-refractivity contribution in [2.45, 2.75) is 25.6 Å². The minimum Gasteiger partial charge on any atom is -0.488 e. The van der Waals surface area contributed by atoms with Crippen molar-refractivity contribution in [1.29, 1.82) is 0 Å². The zero-order valence-electron chi connectivity index (χ0n) is 15.2. The molecule has 1 saturated heterocycles. The van der Waals surface area contributed by atoms with Crippen LogP contribution < -0.4 is 10.3 Å². The van der Waals surface area contributed by atoms with Crippen LogP contribution >= 0.6 is 0 Å². The molecule has 1 aliphatic heterocycles. The summed E-state index contributed by atoms with van der Waals surface area (Å²) in [6.07, 6.45) is 4.11. The predicted octanol–water partition coefficient (Wildman–Crippen LogP) is 0.985. The Morgan fingerprint density at radius 1 is 1.35 bits per heavy atom. The number of hydrogen-bond donors (Lipinski definition) is 0. The van der Waals surface area contributed by atoms with Crippen LogP contribution in [-0.4, -0.2) is 58.5 Å². The molecular formula is C19H24N4O3. The number of likely N-dealkylation sites (tertiary alicyclic amines) is 1. The summed E-state index contributed by atoms with van der Waals surface area (Å²) in [5, 5.41) is 0. The second kappa shape index (κ2) is 8.14. The third-order valence-corrected chi connectivity index (χ3v) is 4.27. The Kier molecular flexibility index (Phi) is 5.68. The molecule has 0 radical (unpaired) electrons. The first-order valence-corrected chi connectivity index (χ1v) is 8.71. The van der Waals surface area contributed by atoms with E-state index in [9.17, 15) is 9.59 Å². The van der Waals surface area contributed by atoms with Gasteiger partial charge in [-0.2, -0.15) is 0 Å². The highest BCUT2D eigenvalue weighted by molar-refractivity contribution is 5.76. The van der Waals surface area contributed by atoms with E-state index in [2.05, 4.69) is 4.98 Å². The van der Waals surface area contributed by atoms with Crippen molar-refractivity contribution in [3.05, 3.63) is 58.8 Å². The lowest BCUT2D eigenvalue weighted by Crippen LogP contribution is -2.35. The number of ether oxygens (including phenoxy) is 1. The molecule has 7 heteroatoms. The summed E-state index contributed by atoms with van der Waals surface area (Å²) in [5.74, 6) is 0.711. The fraction of sp³-hybridized carbons (Fsp3) is 0.421. The van der Waals surface area contributed by atoms with Gasteiger partial charge >= 0.3 is 0 Å². The van der Waals surface area contributed by atoms with Gasteiger partial charge in [0, 0.05) is 44.0 Å². The van der Waals surface area contributed by atoms with Crippen LogP contribution in [0.4, 0.5) is 0 Å². The molecule has 1 unspecified atom stereocenters. The molecule has 1 atom stereocenters. The van der Waals surface area contributed by atoms with Gasteiger partial charge in [-0.3, -0.25) is 14.6 Å². The first-order chi connectivity index (χ1) is 12.5. The number of aromatic nitrogens is 2. The van der Waals surface area contributed by atoms with E-state index in [-0.39, 0.29) is 24.1 Å². The Labute approximate surface area is 152 Å². The Balaban J connectivity index is 1.56. The van der Waals surface area contributed by atoms with Crippen LogP contribution in [0.2, 0.25) is 0 Å². The molecule has 0 spiro atoms. The van der Waals surface area contributed by atoms with Crippen molar-refractivity contribution in [3.8, 4) is 5.75 Å². The van der Waals surface area contributed by atoms with Crippen LogP contribution in [-0.2, 0) is 17.9 Å². The van der Waals surface area contributed by atoms with Crippen molar-refractivity contribution in [2.75, 3.05) is 27.2 Å². The molecule has 0 N–H and O–H groups in total. The minimum atomic E-state index is -0.168. The summed E-state index contributed by atoms with van der Waals surface area (Å²) in [7, 11) is 3.99. The Morgan fingerprint density at radius 2 is 2.19 bits per heavy atom. The van der Waals surface area contributed by atoms with Gasteiger partial charge in [-0.25, -0.2) is 0 Å². The first-order valence-electron chi connectivity index (χ1n) is 8.71. The Hall–Kier alpha value is -2.67. The van der Waals surface area contributed by atoms with Gasteiger partial charge in [0.25, 0.3) is 5.56 Å². The zero-order valence-corrected chi connectivity index (χ0v) is 15.2. The van der Waals surface area contributed by atoms with E-state index >= 15 is 0 Å². The van der Waals surface area contributed by atoms with Crippen LogP contribution in [0.25, 0.3) is 0 Å². The first kappa shape index (κ1) is 18.1. The standard InChI is InChI=1S/C19H24N4O3/c1-21(2)12-15-11-16(6-8-20-15)26-17-7-10-23(13-17)19(25)14-22-9-4-3-5-18(22)24/h3-6,8-9,11,17H,7,10,12-14H2,1-2H3. The minimum absolute atomic E-state index is 0.0407. The van der Waals surface area contributed by atoms with E-state index in [1.807, 2.05) is 31.1 Å². The largest absolute Gasteiger partial charge is 0.488 e. The number of nitrogens with zero attached hydrogens (tertiary/aromatic N) is 4. The maximum atomic E-state index is 12.4. The SMILES string of the molecule is CN(C)Cc1cc(OC2CCN(C(=O)Cn3ccccc3=O)C2)ccn1. The summed E-state index contributed by atoms with van der Waals surface area (Å²) >= 11 is 0. The molecule has 2 aromatic heterocycles. The number of hydrogen-bond acceptors (Lipinski definition) is 5. The Bertz CT molecular complexity index is 818. The summed E-state index contributed by atoms with van der Waals surface area (Å²) in [6.45, 7) is 1.99. The molecule has 0 bridgehead atoms. The fourth-order valence-corrected chi connectivity index (χ4v) is 3.02. The van der Waals surface area contributed by atoms with Gasteiger partial charge in [-0.15, -0.1) is 0 Å². The van der Waals surface area contributed by atoms with Crippen molar-refractivity contribution in [1.82, 2.24) is 19.4 Å². The number of amides is 1. The molecule has 7 nitrogen and oxygen atoms in total. The van der Waals surface area contributed by atoms with Crippen LogP contribution in [0.1, 0.15) is 12.1 Å². The summed E-state index contributed by atoms with van der Waals surface area (Å²) < 4.78 is 7.45. The van der Waals surface area contributed by atoms with Crippen molar-refractivity contribution >= 4 is 5.91 Å². The fourth-order valence-electron chi connectivity index (χ4n) is 3.02. The lowest BCUT2D eigenvalue weighted by molar-refractivity contribution is -0.131. The highest BCUT2D eigenvalue weighted by atomic mass is 16.5. The van der Waals surface area contributed by atoms with E-state index in [0.29, 0.717) is 13.1 Å². The molecule has 0 aliphatic carbocycles. The van der Waals surface area contributed by atoms with Gasteiger partial charge in [-0.05, 0) is 26.2 Å². The highest BCUT2D eigenvalue weighted by Crippen LogP contribution is 2.19. The number of pyridine rings is 2. The third kappa shape index (κ3) is 4.70. The smallest absolute Gasteiger partial charge is 0.250 e. The Morgan fingerprint density at radius 3 is 2.96 bits per heavy atom. The second-order valence-corrected chi connectivity index (χ2v) is 6.76. The predicted molar refractivity (Wildman–Crippen MR) is 97.9 cm³/mol. The van der Waals surface area contributed by atoms with Crippen molar-refractivity contribution in [3.63, 3.8) is 0 Å². The molecule has 26 heavy (non-hydrogen) atoms. The third-order valence-electron chi connectivity index (χ3n) is 4.27.